The molecule has 1 N–H and O–H groups in total. The first kappa shape index (κ1) is 16.1. The summed E-state index contributed by atoms with van der Waals surface area (Å²) in [5.41, 5.74) is 0.690. The van der Waals surface area contributed by atoms with E-state index in [9.17, 15) is 18.7 Å². The van der Waals surface area contributed by atoms with Gasteiger partial charge in [-0.3, -0.25) is 4.79 Å². The largest absolute Gasteiger partial charge is 0.497 e. The number of aliphatic hydroxyl groups is 1. The summed E-state index contributed by atoms with van der Waals surface area (Å²) in [7, 11) is 1.44. The minimum Gasteiger partial charge on any atom is -0.497 e. The van der Waals surface area contributed by atoms with Crippen molar-refractivity contribution in [2.45, 2.75) is 19.0 Å². The molecule has 0 radical (unpaired) electrons. The van der Waals surface area contributed by atoms with Gasteiger partial charge in [-0.05, 0) is 36.8 Å². The summed E-state index contributed by atoms with van der Waals surface area (Å²) in [5.74, 6) is -4.88. The lowest BCUT2D eigenvalue weighted by Gasteiger charge is -2.22. The molecule has 116 valence electrons. The Balaban J connectivity index is 2.27. The molecule has 0 aliphatic carbocycles. The van der Waals surface area contributed by atoms with Crippen LogP contribution in [-0.2, 0) is 0 Å². The molecule has 2 aromatic rings. The third-order valence-corrected chi connectivity index (χ3v) is 3.39. The first-order valence-corrected chi connectivity index (χ1v) is 6.67. The highest BCUT2D eigenvalue weighted by Crippen LogP contribution is 2.34. The van der Waals surface area contributed by atoms with Gasteiger partial charge in [0.25, 0.3) is 0 Å². The van der Waals surface area contributed by atoms with Crippen LogP contribution in [0, 0.1) is 6.92 Å². The van der Waals surface area contributed by atoms with Crippen LogP contribution >= 0.6 is 0 Å². The Kier molecular flexibility index (Phi) is 4.56. The zero-order valence-electron chi connectivity index (χ0n) is 12.2. The van der Waals surface area contributed by atoms with Crippen molar-refractivity contribution in [2.24, 2.45) is 0 Å². The van der Waals surface area contributed by atoms with Crippen LogP contribution in [-0.4, -0.2) is 23.9 Å². The van der Waals surface area contributed by atoms with Crippen LogP contribution in [0.3, 0.4) is 0 Å². The summed E-state index contributed by atoms with van der Waals surface area (Å²) in [6, 6.07) is 11.3. The SMILES string of the molecule is COc1ccc(C(=O)C(F)(F)[C@@H](O)c2ccc(C)cc2)cc1. The second-order valence-corrected chi connectivity index (χ2v) is 4.99. The van der Waals surface area contributed by atoms with Crippen molar-refractivity contribution in [2.75, 3.05) is 7.11 Å². The third-order valence-electron chi connectivity index (χ3n) is 3.39. The van der Waals surface area contributed by atoms with Crippen LogP contribution in [0.5, 0.6) is 5.75 Å². The lowest BCUT2D eigenvalue weighted by molar-refractivity contribution is -0.0792. The summed E-state index contributed by atoms with van der Waals surface area (Å²) in [5, 5.41) is 9.88. The minimum absolute atomic E-state index is 0.00235. The number of hydrogen-bond donors (Lipinski definition) is 1. The fraction of sp³-hybridized carbons (Fsp3) is 0.235. The number of hydrogen-bond acceptors (Lipinski definition) is 3. The number of alkyl halides is 2. The number of carbonyl (C=O) groups is 1. The molecule has 0 unspecified atom stereocenters. The highest BCUT2D eigenvalue weighted by atomic mass is 19.3. The normalized spacial score (nSPS) is 12.8. The maximum absolute atomic E-state index is 14.2. The number of aliphatic hydroxyl groups excluding tert-OH is 1. The molecular weight excluding hydrogens is 290 g/mol. The van der Waals surface area contributed by atoms with Crippen molar-refractivity contribution in [3.8, 4) is 5.75 Å². The Morgan fingerprint density at radius 2 is 1.64 bits per heavy atom. The molecule has 0 spiro atoms. The average molecular weight is 306 g/mol. The molecule has 2 aromatic carbocycles. The van der Waals surface area contributed by atoms with Gasteiger partial charge in [0.2, 0.25) is 5.78 Å². The Morgan fingerprint density at radius 3 is 2.14 bits per heavy atom. The third kappa shape index (κ3) is 3.14. The molecule has 0 aliphatic rings. The van der Waals surface area contributed by atoms with Gasteiger partial charge >= 0.3 is 5.92 Å². The number of Topliss-reactive ketones (excluding diaryl/α,β-unsaturated/α-hetero) is 1. The Morgan fingerprint density at radius 1 is 1.09 bits per heavy atom. The van der Waals surface area contributed by atoms with Gasteiger partial charge < -0.3 is 9.84 Å². The Hall–Kier alpha value is -2.27. The highest BCUT2D eigenvalue weighted by molar-refractivity contribution is 6.01. The topological polar surface area (TPSA) is 46.5 Å². The van der Waals surface area contributed by atoms with Crippen molar-refractivity contribution >= 4 is 5.78 Å². The Labute approximate surface area is 127 Å². The van der Waals surface area contributed by atoms with Gasteiger partial charge in [0.1, 0.15) is 5.75 Å². The van der Waals surface area contributed by atoms with Gasteiger partial charge in [-0.25, -0.2) is 0 Å². The van der Waals surface area contributed by atoms with Crippen LogP contribution in [0.1, 0.15) is 27.6 Å². The van der Waals surface area contributed by atoms with E-state index >= 15 is 0 Å². The fourth-order valence-corrected chi connectivity index (χ4v) is 2.02. The molecule has 0 bridgehead atoms. The van der Waals surface area contributed by atoms with E-state index in [1.807, 2.05) is 0 Å². The predicted molar refractivity (Wildman–Crippen MR) is 78.4 cm³/mol. The number of ketones is 1. The standard InChI is InChI=1S/C17H16F2O3/c1-11-3-5-12(6-4-11)15(20)17(18,19)16(21)13-7-9-14(22-2)10-8-13/h3-10,15,20H,1-2H3/t15-/m0/s1. The van der Waals surface area contributed by atoms with E-state index in [-0.39, 0.29) is 11.1 Å². The zero-order valence-corrected chi connectivity index (χ0v) is 12.2. The van der Waals surface area contributed by atoms with Gasteiger partial charge in [-0.15, -0.1) is 0 Å². The molecule has 0 fully saturated rings. The van der Waals surface area contributed by atoms with E-state index in [4.69, 9.17) is 4.74 Å². The summed E-state index contributed by atoms with van der Waals surface area (Å²) >= 11 is 0. The number of rotatable bonds is 5. The van der Waals surface area contributed by atoms with Crippen molar-refractivity contribution < 1.29 is 23.4 Å². The van der Waals surface area contributed by atoms with E-state index in [1.54, 1.807) is 19.1 Å². The van der Waals surface area contributed by atoms with Gasteiger partial charge in [0, 0.05) is 5.56 Å². The van der Waals surface area contributed by atoms with Crippen LogP contribution in [0.4, 0.5) is 8.78 Å². The van der Waals surface area contributed by atoms with Crippen LogP contribution in [0.15, 0.2) is 48.5 Å². The lowest BCUT2D eigenvalue weighted by Crippen LogP contribution is -2.35. The molecule has 0 saturated carbocycles. The van der Waals surface area contributed by atoms with Crippen LogP contribution in [0.2, 0.25) is 0 Å². The summed E-state index contributed by atoms with van der Waals surface area (Å²) < 4.78 is 33.4. The second-order valence-electron chi connectivity index (χ2n) is 4.99. The number of methoxy groups -OCH3 is 1. The minimum atomic E-state index is -3.91. The van der Waals surface area contributed by atoms with Crippen molar-refractivity contribution in [1.82, 2.24) is 0 Å². The summed E-state index contributed by atoms with van der Waals surface area (Å²) in [6.07, 6.45) is -2.19. The molecule has 22 heavy (non-hydrogen) atoms. The van der Waals surface area contributed by atoms with E-state index < -0.39 is 17.8 Å². The number of halogens is 2. The van der Waals surface area contributed by atoms with Crippen LogP contribution < -0.4 is 4.74 Å². The lowest BCUT2D eigenvalue weighted by atomic mass is 9.95. The molecule has 3 nitrogen and oxygen atoms in total. The smallest absolute Gasteiger partial charge is 0.339 e. The predicted octanol–water partition coefficient (Wildman–Crippen LogP) is 3.56. The van der Waals surface area contributed by atoms with Gasteiger partial charge in [0.15, 0.2) is 6.10 Å². The average Bonchev–Trinajstić information content (AvgIpc) is 2.54. The fourth-order valence-electron chi connectivity index (χ4n) is 2.02. The number of benzene rings is 2. The molecule has 2 rings (SSSR count). The van der Waals surface area contributed by atoms with Crippen LogP contribution in [0.25, 0.3) is 0 Å². The van der Waals surface area contributed by atoms with E-state index in [0.29, 0.717) is 5.75 Å². The number of carbonyl (C=O) groups excluding carboxylic acids is 1. The molecule has 0 amide bonds. The van der Waals surface area contributed by atoms with E-state index in [2.05, 4.69) is 0 Å². The molecular formula is C17H16F2O3. The molecule has 0 saturated heterocycles. The first-order chi connectivity index (χ1) is 10.4. The molecule has 0 aliphatic heterocycles. The summed E-state index contributed by atoms with van der Waals surface area (Å²) in [4.78, 5) is 12.0. The van der Waals surface area contributed by atoms with Crippen molar-refractivity contribution in [3.05, 3.63) is 65.2 Å². The first-order valence-electron chi connectivity index (χ1n) is 6.67. The highest BCUT2D eigenvalue weighted by Gasteiger charge is 2.47. The quantitative estimate of drug-likeness (QED) is 0.859. The van der Waals surface area contributed by atoms with E-state index in [0.717, 1.165) is 5.56 Å². The molecule has 5 heteroatoms. The number of aryl methyl sites for hydroxylation is 1. The van der Waals surface area contributed by atoms with Crippen molar-refractivity contribution in [3.63, 3.8) is 0 Å². The Bertz CT molecular complexity index is 649. The molecule has 0 aromatic heterocycles. The van der Waals surface area contributed by atoms with E-state index in [1.165, 1.54) is 43.5 Å². The maximum atomic E-state index is 14.2. The molecule has 0 heterocycles. The number of ether oxygens (including phenoxy) is 1. The summed E-state index contributed by atoms with van der Waals surface area (Å²) in [6.45, 7) is 1.80. The van der Waals surface area contributed by atoms with Gasteiger partial charge in [0.05, 0.1) is 7.11 Å². The monoisotopic (exact) mass is 306 g/mol. The molecule has 1 atom stereocenters. The second kappa shape index (κ2) is 6.23. The van der Waals surface area contributed by atoms with Gasteiger partial charge in [-0.1, -0.05) is 29.8 Å². The van der Waals surface area contributed by atoms with Crippen molar-refractivity contribution in [1.29, 1.82) is 0 Å². The zero-order chi connectivity index (χ0) is 16.3. The van der Waals surface area contributed by atoms with Gasteiger partial charge in [-0.2, -0.15) is 8.78 Å². The maximum Gasteiger partial charge on any atom is 0.339 e.